The molecule has 0 atom stereocenters. The first-order valence-corrected chi connectivity index (χ1v) is 13.4. The molecule has 0 spiro atoms. The van der Waals surface area contributed by atoms with Crippen molar-refractivity contribution >= 4 is 46.4 Å². The maximum absolute atomic E-state index is 12.8. The standard InChI is InChI=1S/C33H37NO4.Na.H/c1-33(2,3)26-13-11-25(12-14-26)30-28-19-22(16-17-38-21-23-8-9-23)10-15-29(28)34(31(30)32(35)36)20-24-6-5-7-27(18-24)37-4;;/h5-7,10-15,18-19,23H,8-9,16-17,20-21H2,1-4H3,(H,35,36);;. The van der Waals surface area contributed by atoms with Crippen LogP contribution in [-0.4, -0.2) is 65.5 Å². The van der Waals surface area contributed by atoms with Crippen LogP contribution in [0.2, 0.25) is 0 Å². The summed E-state index contributed by atoms with van der Waals surface area (Å²) in [6.07, 6.45) is 3.36. The third-order valence-corrected chi connectivity index (χ3v) is 7.43. The van der Waals surface area contributed by atoms with E-state index < -0.39 is 5.97 Å². The quantitative estimate of drug-likeness (QED) is 0.182. The third-order valence-electron chi connectivity index (χ3n) is 7.43. The number of hydrogen-bond acceptors (Lipinski definition) is 3. The minimum absolute atomic E-state index is 0. The Morgan fingerprint density at radius 1 is 1.00 bits per heavy atom. The van der Waals surface area contributed by atoms with Gasteiger partial charge < -0.3 is 19.1 Å². The van der Waals surface area contributed by atoms with Crippen molar-refractivity contribution in [1.82, 2.24) is 4.57 Å². The fraction of sp³-hybridized carbons (Fsp3) is 0.364. The summed E-state index contributed by atoms with van der Waals surface area (Å²) in [4.78, 5) is 12.8. The number of hydrogen-bond donors (Lipinski definition) is 1. The first-order valence-electron chi connectivity index (χ1n) is 13.4. The molecule has 4 aromatic rings. The van der Waals surface area contributed by atoms with Crippen molar-refractivity contribution in [3.05, 3.63) is 89.1 Å². The van der Waals surface area contributed by atoms with Gasteiger partial charge >= 0.3 is 35.5 Å². The molecule has 0 saturated heterocycles. The SMILES string of the molecule is COc1cccc(Cn2c(C(=O)O)c(-c3ccc(C(C)(C)C)cc3)c3cc(CCOCC4CC4)ccc32)c1.[NaH]. The van der Waals surface area contributed by atoms with Crippen LogP contribution in [0.25, 0.3) is 22.0 Å². The number of methoxy groups -OCH3 is 1. The van der Waals surface area contributed by atoms with Crippen LogP contribution >= 0.6 is 0 Å². The van der Waals surface area contributed by atoms with E-state index >= 15 is 0 Å². The van der Waals surface area contributed by atoms with Gasteiger partial charge in [-0.1, -0.05) is 63.2 Å². The van der Waals surface area contributed by atoms with Crippen molar-refractivity contribution in [1.29, 1.82) is 0 Å². The predicted molar refractivity (Wildman–Crippen MR) is 160 cm³/mol. The summed E-state index contributed by atoms with van der Waals surface area (Å²) in [5, 5.41) is 11.5. The molecule has 39 heavy (non-hydrogen) atoms. The van der Waals surface area contributed by atoms with Crippen LogP contribution in [0.1, 0.15) is 60.8 Å². The Bertz CT molecular complexity index is 1450. The summed E-state index contributed by atoms with van der Waals surface area (Å²) < 4.78 is 13.2. The first-order chi connectivity index (χ1) is 18.2. The fourth-order valence-corrected chi connectivity index (χ4v) is 5.05. The summed E-state index contributed by atoms with van der Waals surface area (Å²) in [5.41, 5.74) is 6.24. The van der Waals surface area contributed by atoms with E-state index in [-0.39, 0.29) is 35.0 Å². The average Bonchev–Trinajstić information content (AvgIpc) is 3.67. The van der Waals surface area contributed by atoms with Gasteiger partial charge in [-0.05, 0) is 77.1 Å². The van der Waals surface area contributed by atoms with Crippen LogP contribution in [0.15, 0.2) is 66.7 Å². The molecule has 1 saturated carbocycles. The molecule has 1 heterocycles. The van der Waals surface area contributed by atoms with Crippen molar-refractivity contribution in [2.45, 2.75) is 52.0 Å². The zero-order valence-corrected chi connectivity index (χ0v) is 22.8. The zero-order chi connectivity index (χ0) is 26.9. The average molecular weight is 536 g/mol. The molecule has 1 aliphatic carbocycles. The molecule has 3 aromatic carbocycles. The number of ether oxygens (including phenoxy) is 2. The molecule has 0 amide bonds. The second kappa shape index (κ2) is 12.3. The van der Waals surface area contributed by atoms with Crippen molar-refractivity contribution in [3.8, 4) is 16.9 Å². The molecule has 6 heteroatoms. The number of carboxylic acid groups (broad SMARTS) is 1. The van der Waals surface area contributed by atoms with E-state index in [1.54, 1.807) is 7.11 Å². The molecule has 0 aliphatic heterocycles. The molecule has 1 aliphatic rings. The van der Waals surface area contributed by atoms with Gasteiger partial charge in [0.25, 0.3) is 0 Å². The van der Waals surface area contributed by atoms with Gasteiger partial charge in [-0.2, -0.15) is 0 Å². The number of benzene rings is 3. The van der Waals surface area contributed by atoms with E-state index in [9.17, 15) is 9.90 Å². The Morgan fingerprint density at radius 2 is 1.74 bits per heavy atom. The van der Waals surface area contributed by atoms with Crippen molar-refractivity contribution in [2.24, 2.45) is 5.92 Å². The van der Waals surface area contributed by atoms with Crippen LogP contribution in [0.3, 0.4) is 0 Å². The van der Waals surface area contributed by atoms with E-state index in [0.29, 0.717) is 18.8 Å². The predicted octanol–water partition coefficient (Wildman–Crippen LogP) is 6.68. The maximum atomic E-state index is 12.8. The number of carbonyl (C=O) groups is 1. The number of carboxylic acids is 1. The molecule has 1 N–H and O–H groups in total. The molecule has 200 valence electrons. The van der Waals surface area contributed by atoms with Crippen LogP contribution < -0.4 is 4.74 Å². The molecular weight excluding hydrogens is 497 g/mol. The number of aromatic carboxylic acids is 1. The van der Waals surface area contributed by atoms with Gasteiger partial charge in [0.2, 0.25) is 0 Å². The van der Waals surface area contributed by atoms with Crippen molar-refractivity contribution < 1.29 is 19.4 Å². The summed E-state index contributed by atoms with van der Waals surface area (Å²) in [5.74, 6) is 0.555. The Morgan fingerprint density at radius 3 is 2.38 bits per heavy atom. The van der Waals surface area contributed by atoms with Crippen LogP contribution in [0, 0.1) is 5.92 Å². The summed E-state index contributed by atoms with van der Waals surface area (Å²) >= 11 is 0. The van der Waals surface area contributed by atoms with E-state index in [1.165, 1.54) is 18.4 Å². The molecular formula is C33H38NNaO4. The fourth-order valence-electron chi connectivity index (χ4n) is 5.05. The number of rotatable bonds is 10. The zero-order valence-electron chi connectivity index (χ0n) is 22.8. The third kappa shape index (κ3) is 6.78. The Kier molecular flexibility index (Phi) is 9.28. The molecule has 0 unspecified atom stereocenters. The number of nitrogens with zero attached hydrogens (tertiary/aromatic N) is 1. The number of fused-ring (bicyclic) bond motifs is 1. The van der Waals surface area contributed by atoms with Gasteiger partial charge in [0.05, 0.1) is 13.7 Å². The monoisotopic (exact) mass is 535 g/mol. The van der Waals surface area contributed by atoms with Crippen LogP contribution in [0.4, 0.5) is 0 Å². The van der Waals surface area contributed by atoms with E-state index in [2.05, 4.69) is 63.2 Å². The second-order valence-electron chi connectivity index (χ2n) is 11.4. The van der Waals surface area contributed by atoms with Gasteiger partial charge in [-0.3, -0.25) is 0 Å². The van der Waals surface area contributed by atoms with Gasteiger partial charge in [0.15, 0.2) is 0 Å². The van der Waals surface area contributed by atoms with Crippen LogP contribution in [0.5, 0.6) is 5.75 Å². The Hall–Kier alpha value is -2.57. The van der Waals surface area contributed by atoms with Crippen molar-refractivity contribution in [2.75, 3.05) is 20.3 Å². The summed E-state index contributed by atoms with van der Waals surface area (Å²) in [6, 6.07) is 22.5. The molecule has 1 aromatic heterocycles. The van der Waals surface area contributed by atoms with Gasteiger partial charge in [0.1, 0.15) is 11.4 Å². The second-order valence-corrected chi connectivity index (χ2v) is 11.4. The van der Waals surface area contributed by atoms with Gasteiger partial charge in [0, 0.05) is 29.6 Å². The topological polar surface area (TPSA) is 60.7 Å². The van der Waals surface area contributed by atoms with Gasteiger partial charge in [-0.15, -0.1) is 0 Å². The molecule has 0 radical (unpaired) electrons. The van der Waals surface area contributed by atoms with E-state index in [1.807, 2.05) is 28.8 Å². The Balaban J connectivity index is 0.00000353. The normalized spacial score (nSPS) is 13.3. The minimum atomic E-state index is -0.937. The van der Waals surface area contributed by atoms with E-state index in [4.69, 9.17) is 9.47 Å². The van der Waals surface area contributed by atoms with Crippen LogP contribution in [-0.2, 0) is 23.1 Å². The number of aromatic nitrogens is 1. The summed E-state index contributed by atoms with van der Waals surface area (Å²) in [7, 11) is 1.64. The first kappa shape index (κ1) is 29.4. The molecule has 5 rings (SSSR count). The van der Waals surface area contributed by atoms with Crippen molar-refractivity contribution in [3.63, 3.8) is 0 Å². The van der Waals surface area contributed by atoms with E-state index in [0.717, 1.165) is 57.9 Å². The van der Waals surface area contributed by atoms with Gasteiger partial charge in [-0.25, -0.2) is 4.79 Å². The molecule has 0 bridgehead atoms. The Labute approximate surface area is 253 Å². The molecule has 1 fully saturated rings. The molecule has 5 nitrogen and oxygen atoms in total. The summed E-state index contributed by atoms with van der Waals surface area (Å²) in [6.45, 7) is 8.49.